The molecule has 1 heterocycles. The highest BCUT2D eigenvalue weighted by Gasteiger charge is 2.33. The molecular formula is C23H29N3O5S. The minimum absolute atomic E-state index is 0.197. The van der Waals surface area contributed by atoms with Crippen LogP contribution in [-0.4, -0.2) is 50.8 Å². The van der Waals surface area contributed by atoms with Gasteiger partial charge in [0.15, 0.2) is 0 Å². The molecule has 2 amide bonds. The SMILES string of the molecule is COc1ccccc1NC(=O)C(=O)NCC[C@@H]1CCCCN1S(=O)(=O)c1ccc(C)cc1. The number of methoxy groups -OCH3 is 1. The maximum absolute atomic E-state index is 13.1. The Bertz CT molecular complexity index is 1050. The first-order chi connectivity index (χ1) is 15.3. The number of benzene rings is 2. The van der Waals surface area contributed by atoms with Crippen molar-refractivity contribution >= 4 is 27.5 Å². The van der Waals surface area contributed by atoms with Crippen LogP contribution in [0.3, 0.4) is 0 Å². The lowest BCUT2D eigenvalue weighted by molar-refractivity contribution is -0.136. The Morgan fingerprint density at radius 3 is 2.50 bits per heavy atom. The highest BCUT2D eigenvalue weighted by atomic mass is 32.2. The molecule has 0 saturated carbocycles. The summed E-state index contributed by atoms with van der Waals surface area (Å²) in [6.07, 6.45) is 2.87. The molecule has 32 heavy (non-hydrogen) atoms. The van der Waals surface area contributed by atoms with E-state index in [1.807, 2.05) is 6.92 Å². The van der Waals surface area contributed by atoms with E-state index in [1.54, 1.807) is 48.5 Å². The van der Waals surface area contributed by atoms with Gasteiger partial charge >= 0.3 is 11.8 Å². The van der Waals surface area contributed by atoms with Gasteiger partial charge in [0.2, 0.25) is 10.0 Å². The second-order valence-electron chi connectivity index (χ2n) is 7.78. The number of nitrogens with zero attached hydrogens (tertiary/aromatic N) is 1. The van der Waals surface area contributed by atoms with E-state index in [1.165, 1.54) is 11.4 Å². The maximum Gasteiger partial charge on any atom is 0.313 e. The molecule has 1 aliphatic rings. The fourth-order valence-electron chi connectivity index (χ4n) is 3.78. The Labute approximate surface area is 189 Å². The van der Waals surface area contributed by atoms with E-state index in [0.717, 1.165) is 18.4 Å². The summed E-state index contributed by atoms with van der Waals surface area (Å²) in [7, 11) is -2.14. The molecule has 0 radical (unpaired) electrons. The molecule has 1 aliphatic heterocycles. The standard InChI is InChI=1S/C23H29N3O5S/c1-17-10-12-19(13-11-17)32(29,30)26-16-6-5-7-18(26)14-15-24-22(27)23(28)25-20-8-3-4-9-21(20)31-2/h3-4,8-13,18H,5-7,14-16H2,1-2H3,(H,24,27)(H,25,28)/t18-/m0/s1. The van der Waals surface area contributed by atoms with Crippen LogP contribution in [0.1, 0.15) is 31.2 Å². The Morgan fingerprint density at radius 2 is 1.78 bits per heavy atom. The highest BCUT2D eigenvalue weighted by Crippen LogP contribution is 2.27. The summed E-state index contributed by atoms with van der Waals surface area (Å²) in [5.74, 6) is -1.13. The zero-order valence-corrected chi connectivity index (χ0v) is 19.2. The first kappa shape index (κ1) is 23.7. The van der Waals surface area contributed by atoms with Crippen LogP contribution in [0.15, 0.2) is 53.4 Å². The number of nitrogens with one attached hydrogen (secondary N) is 2. The van der Waals surface area contributed by atoms with Crippen LogP contribution >= 0.6 is 0 Å². The van der Waals surface area contributed by atoms with Crippen LogP contribution in [0.25, 0.3) is 0 Å². The summed E-state index contributed by atoms with van der Waals surface area (Å²) in [6, 6.07) is 13.4. The van der Waals surface area contributed by atoms with Crippen molar-refractivity contribution in [3.8, 4) is 5.75 Å². The normalized spacial score (nSPS) is 16.9. The van der Waals surface area contributed by atoms with Crippen molar-refractivity contribution in [1.29, 1.82) is 0 Å². The molecule has 0 unspecified atom stereocenters. The number of carbonyl (C=O) groups excluding carboxylic acids is 2. The average Bonchev–Trinajstić information content (AvgIpc) is 2.80. The quantitative estimate of drug-likeness (QED) is 0.620. The lowest BCUT2D eigenvalue weighted by Crippen LogP contribution is -2.45. The number of hydrogen-bond acceptors (Lipinski definition) is 5. The predicted molar refractivity (Wildman–Crippen MR) is 122 cm³/mol. The zero-order valence-electron chi connectivity index (χ0n) is 18.3. The molecular weight excluding hydrogens is 430 g/mol. The van der Waals surface area contributed by atoms with E-state index in [-0.39, 0.29) is 17.5 Å². The van der Waals surface area contributed by atoms with Crippen molar-refractivity contribution in [3.05, 3.63) is 54.1 Å². The number of para-hydroxylation sites is 2. The van der Waals surface area contributed by atoms with E-state index in [9.17, 15) is 18.0 Å². The van der Waals surface area contributed by atoms with Gasteiger partial charge in [0.05, 0.1) is 17.7 Å². The van der Waals surface area contributed by atoms with Crippen molar-refractivity contribution in [3.63, 3.8) is 0 Å². The monoisotopic (exact) mass is 459 g/mol. The van der Waals surface area contributed by atoms with Crippen LogP contribution in [0.2, 0.25) is 0 Å². The summed E-state index contributed by atoms with van der Waals surface area (Å²) in [5, 5.41) is 5.12. The van der Waals surface area contributed by atoms with E-state index >= 15 is 0 Å². The molecule has 172 valence electrons. The van der Waals surface area contributed by atoms with Gasteiger partial charge in [-0.2, -0.15) is 4.31 Å². The summed E-state index contributed by atoms with van der Waals surface area (Å²) < 4.78 is 33.0. The lowest BCUT2D eigenvalue weighted by Gasteiger charge is -2.34. The van der Waals surface area contributed by atoms with Gasteiger partial charge in [-0.25, -0.2) is 8.42 Å². The topological polar surface area (TPSA) is 105 Å². The maximum atomic E-state index is 13.1. The predicted octanol–water partition coefficient (Wildman–Crippen LogP) is 2.69. The average molecular weight is 460 g/mol. The van der Waals surface area contributed by atoms with Crippen molar-refractivity contribution in [2.75, 3.05) is 25.5 Å². The van der Waals surface area contributed by atoms with Gasteiger partial charge < -0.3 is 15.4 Å². The third-order valence-corrected chi connectivity index (χ3v) is 7.49. The number of anilines is 1. The number of hydrogen-bond donors (Lipinski definition) is 2. The Kier molecular flexibility index (Phi) is 7.87. The van der Waals surface area contributed by atoms with Crippen molar-refractivity contribution in [1.82, 2.24) is 9.62 Å². The zero-order chi connectivity index (χ0) is 23.1. The van der Waals surface area contributed by atoms with Gasteiger partial charge in [-0.3, -0.25) is 9.59 Å². The van der Waals surface area contributed by atoms with Crippen molar-refractivity contribution < 1.29 is 22.7 Å². The molecule has 0 aliphatic carbocycles. The first-order valence-electron chi connectivity index (χ1n) is 10.6. The second-order valence-corrected chi connectivity index (χ2v) is 9.67. The molecule has 1 saturated heterocycles. The van der Waals surface area contributed by atoms with Crippen LogP contribution in [0.5, 0.6) is 5.75 Å². The largest absolute Gasteiger partial charge is 0.495 e. The molecule has 2 aromatic rings. The second kappa shape index (κ2) is 10.6. The van der Waals surface area contributed by atoms with Crippen LogP contribution in [-0.2, 0) is 19.6 Å². The summed E-state index contributed by atoms with van der Waals surface area (Å²) in [6.45, 7) is 2.55. The molecule has 8 nitrogen and oxygen atoms in total. The van der Waals surface area contributed by atoms with E-state index in [4.69, 9.17) is 4.74 Å². The highest BCUT2D eigenvalue weighted by molar-refractivity contribution is 7.89. The fourth-order valence-corrected chi connectivity index (χ4v) is 5.51. The molecule has 9 heteroatoms. The van der Waals surface area contributed by atoms with E-state index in [0.29, 0.717) is 30.8 Å². The van der Waals surface area contributed by atoms with Crippen molar-refractivity contribution in [2.45, 2.75) is 43.5 Å². The lowest BCUT2D eigenvalue weighted by atomic mass is 10.0. The Balaban J connectivity index is 1.58. The van der Waals surface area contributed by atoms with Crippen LogP contribution < -0.4 is 15.4 Å². The van der Waals surface area contributed by atoms with Gasteiger partial charge in [-0.05, 0) is 50.5 Å². The Hall–Kier alpha value is -2.91. The first-order valence-corrected chi connectivity index (χ1v) is 12.1. The van der Waals surface area contributed by atoms with Gasteiger partial charge in [0.25, 0.3) is 0 Å². The number of rotatable bonds is 7. The van der Waals surface area contributed by atoms with Crippen LogP contribution in [0, 0.1) is 6.92 Å². The number of carbonyl (C=O) groups is 2. The van der Waals surface area contributed by atoms with Crippen molar-refractivity contribution in [2.24, 2.45) is 0 Å². The third-order valence-electron chi connectivity index (χ3n) is 5.53. The van der Waals surface area contributed by atoms with Gasteiger partial charge in [-0.1, -0.05) is 36.2 Å². The fraction of sp³-hybridized carbons (Fsp3) is 0.391. The molecule has 1 fully saturated rings. The number of ether oxygens (including phenoxy) is 1. The van der Waals surface area contributed by atoms with Gasteiger partial charge in [-0.15, -0.1) is 0 Å². The molecule has 2 aromatic carbocycles. The van der Waals surface area contributed by atoms with Gasteiger partial charge in [0, 0.05) is 19.1 Å². The molecule has 0 bridgehead atoms. The molecule has 1 atom stereocenters. The number of amides is 2. The minimum Gasteiger partial charge on any atom is -0.495 e. The summed E-state index contributed by atoms with van der Waals surface area (Å²) in [4.78, 5) is 24.7. The number of aryl methyl sites for hydroxylation is 1. The smallest absolute Gasteiger partial charge is 0.313 e. The van der Waals surface area contributed by atoms with Crippen LogP contribution in [0.4, 0.5) is 5.69 Å². The van der Waals surface area contributed by atoms with E-state index in [2.05, 4.69) is 10.6 Å². The van der Waals surface area contributed by atoms with Gasteiger partial charge in [0.1, 0.15) is 5.75 Å². The minimum atomic E-state index is -3.62. The summed E-state index contributed by atoms with van der Waals surface area (Å²) in [5.41, 5.74) is 1.39. The number of sulfonamides is 1. The molecule has 3 rings (SSSR count). The molecule has 0 spiro atoms. The summed E-state index contributed by atoms with van der Waals surface area (Å²) >= 11 is 0. The molecule has 2 N–H and O–H groups in total. The number of piperidine rings is 1. The van der Waals surface area contributed by atoms with E-state index < -0.39 is 21.8 Å². The third kappa shape index (κ3) is 5.66. The Morgan fingerprint density at radius 1 is 1.06 bits per heavy atom. The molecule has 0 aromatic heterocycles.